The number of amides is 1. The molecule has 0 radical (unpaired) electrons. The van der Waals surface area contributed by atoms with E-state index in [-0.39, 0.29) is 25.3 Å². The fourth-order valence-corrected chi connectivity index (χ4v) is 2.18. The van der Waals surface area contributed by atoms with E-state index in [0.29, 0.717) is 5.56 Å². The lowest BCUT2D eigenvalue weighted by Gasteiger charge is -2.19. The number of carbonyl (C=O) groups is 1. The normalized spacial score (nSPS) is 21.3. The second kappa shape index (κ2) is 6.95. The fraction of sp³-hybridized carbons (Fsp3) is 0.500. The van der Waals surface area contributed by atoms with E-state index in [0.717, 1.165) is 0 Å². The molecule has 1 aromatic rings. The number of hydrogen-bond acceptors (Lipinski definition) is 3. The number of benzene rings is 1. The summed E-state index contributed by atoms with van der Waals surface area (Å²) in [5.41, 5.74) is 0.668. The van der Waals surface area contributed by atoms with Gasteiger partial charge in [0.1, 0.15) is 5.75 Å². The summed E-state index contributed by atoms with van der Waals surface area (Å²) < 4.78 is 55.2. The molecule has 1 aromatic carbocycles. The Hall–Kier alpha value is -1.83. The number of rotatable bonds is 5. The van der Waals surface area contributed by atoms with E-state index in [4.69, 9.17) is 0 Å². The molecule has 22 heavy (non-hydrogen) atoms. The van der Waals surface area contributed by atoms with Gasteiger partial charge in [-0.2, -0.15) is 8.78 Å². The average molecular weight is 320 g/mol. The van der Waals surface area contributed by atoms with Crippen molar-refractivity contribution in [1.29, 1.82) is 0 Å². The van der Waals surface area contributed by atoms with E-state index in [9.17, 15) is 22.4 Å². The van der Waals surface area contributed by atoms with Crippen LogP contribution in [0.2, 0.25) is 0 Å². The quantitative estimate of drug-likeness (QED) is 0.819. The van der Waals surface area contributed by atoms with Crippen molar-refractivity contribution in [3.63, 3.8) is 0 Å². The second-order valence-corrected chi connectivity index (χ2v) is 5.06. The maximum Gasteiger partial charge on any atom is 0.387 e. The third-order valence-electron chi connectivity index (χ3n) is 3.31. The second-order valence-electron chi connectivity index (χ2n) is 5.06. The lowest BCUT2D eigenvalue weighted by molar-refractivity contribution is -0.124. The molecule has 1 amide bonds. The predicted octanol–water partition coefficient (Wildman–Crippen LogP) is 2.29. The highest BCUT2D eigenvalue weighted by atomic mass is 19.3. The zero-order valence-electron chi connectivity index (χ0n) is 11.6. The Bertz CT molecular complexity index is 508. The summed E-state index contributed by atoms with van der Waals surface area (Å²) >= 11 is 0. The Balaban J connectivity index is 1.92. The third-order valence-corrected chi connectivity index (χ3v) is 3.31. The Morgan fingerprint density at radius 1 is 1.32 bits per heavy atom. The van der Waals surface area contributed by atoms with Crippen molar-refractivity contribution in [3.8, 4) is 5.75 Å². The van der Waals surface area contributed by atoms with Crippen molar-refractivity contribution in [2.75, 3.05) is 6.54 Å². The van der Waals surface area contributed by atoms with Gasteiger partial charge in [-0.25, -0.2) is 8.78 Å². The molecule has 0 aromatic heterocycles. The molecular formula is C14H16F4N2O2. The van der Waals surface area contributed by atoms with Gasteiger partial charge in [0, 0.05) is 25.9 Å². The fourth-order valence-electron chi connectivity index (χ4n) is 2.18. The van der Waals surface area contributed by atoms with Crippen molar-refractivity contribution in [1.82, 2.24) is 10.6 Å². The summed E-state index contributed by atoms with van der Waals surface area (Å²) in [6.45, 7) is -2.78. The number of halogens is 4. The molecular weight excluding hydrogens is 304 g/mol. The van der Waals surface area contributed by atoms with Crippen LogP contribution in [0.3, 0.4) is 0 Å². The van der Waals surface area contributed by atoms with E-state index < -0.39 is 30.9 Å². The summed E-state index contributed by atoms with van der Waals surface area (Å²) in [5.74, 6) is -3.35. The van der Waals surface area contributed by atoms with Crippen molar-refractivity contribution in [2.45, 2.75) is 38.0 Å². The van der Waals surface area contributed by atoms with Gasteiger partial charge in [0.15, 0.2) is 0 Å². The molecule has 2 N–H and O–H groups in total. The Morgan fingerprint density at radius 2 is 2.00 bits per heavy atom. The molecule has 1 saturated heterocycles. The van der Waals surface area contributed by atoms with Gasteiger partial charge in [0.05, 0.1) is 6.04 Å². The summed E-state index contributed by atoms with van der Waals surface area (Å²) in [6, 6.07) is 4.76. The minimum Gasteiger partial charge on any atom is -0.435 e. The minimum absolute atomic E-state index is 0.0116. The van der Waals surface area contributed by atoms with Crippen LogP contribution in [0.1, 0.15) is 18.4 Å². The Morgan fingerprint density at radius 3 is 2.64 bits per heavy atom. The first-order chi connectivity index (χ1) is 10.4. The van der Waals surface area contributed by atoms with Crippen LogP contribution in [0.15, 0.2) is 24.3 Å². The number of nitrogens with one attached hydrogen (secondary N) is 2. The van der Waals surface area contributed by atoms with Gasteiger partial charge < -0.3 is 15.4 Å². The summed E-state index contributed by atoms with van der Waals surface area (Å²) in [4.78, 5) is 11.7. The number of hydrogen-bond donors (Lipinski definition) is 2. The van der Waals surface area contributed by atoms with E-state index in [2.05, 4.69) is 15.4 Å². The number of carbonyl (C=O) groups excluding carboxylic acids is 1. The number of ether oxygens (including phenoxy) is 1. The van der Waals surface area contributed by atoms with Crippen LogP contribution in [0.25, 0.3) is 0 Å². The predicted molar refractivity (Wildman–Crippen MR) is 70.9 cm³/mol. The summed E-state index contributed by atoms with van der Waals surface area (Å²) in [6.07, 6.45) is -0.942. The standard InChI is InChI=1S/C14H16F4N2O2/c15-13(16)22-10-3-1-9(2-4-10)8-20-11-7-14(17,18)5-6-19-12(11)21/h1-4,11,13,20H,5-8H2,(H,19,21)/t11-/m1/s1. The lowest BCUT2D eigenvalue weighted by atomic mass is 10.1. The van der Waals surface area contributed by atoms with Gasteiger partial charge in [0.25, 0.3) is 5.92 Å². The molecule has 1 heterocycles. The maximum atomic E-state index is 13.5. The van der Waals surface area contributed by atoms with Gasteiger partial charge in [-0.15, -0.1) is 0 Å². The van der Waals surface area contributed by atoms with Gasteiger partial charge in [0.2, 0.25) is 5.91 Å². The van der Waals surface area contributed by atoms with Crippen LogP contribution in [0.4, 0.5) is 17.6 Å². The summed E-state index contributed by atoms with van der Waals surface area (Å²) in [5, 5.41) is 5.19. The molecule has 0 spiro atoms. The molecule has 1 fully saturated rings. The van der Waals surface area contributed by atoms with E-state index in [1.54, 1.807) is 0 Å². The molecule has 122 valence electrons. The van der Waals surface area contributed by atoms with Crippen LogP contribution in [-0.4, -0.2) is 31.0 Å². The zero-order valence-corrected chi connectivity index (χ0v) is 11.6. The van der Waals surface area contributed by atoms with Crippen LogP contribution >= 0.6 is 0 Å². The highest BCUT2D eigenvalue weighted by molar-refractivity contribution is 5.82. The van der Waals surface area contributed by atoms with Gasteiger partial charge in [-0.3, -0.25) is 4.79 Å². The van der Waals surface area contributed by atoms with E-state index in [1.807, 2.05) is 0 Å². The highest BCUT2D eigenvalue weighted by Gasteiger charge is 2.37. The first-order valence-corrected chi connectivity index (χ1v) is 6.78. The summed E-state index contributed by atoms with van der Waals surface area (Å²) in [7, 11) is 0. The molecule has 0 aliphatic carbocycles. The first kappa shape index (κ1) is 16.5. The smallest absolute Gasteiger partial charge is 0.387 e. The molecule has 1 aliphatic rings. The molecule has 1 aliphatic heterocycles. The van der Waals surface area contributed by atoms with E-state index in [1.165, 1.54) is 24.3 Å². The van der Waals surface area contributed by atoms with Crippen molar-refractivity contribution >= 4 is 5.91 Å². The number of alkyl halides is 4. The molecule has 8 heteroatoms. The molecule has 0 unspecified atom stereocenters. The van der Waals surface area contributed by atoms with Gasteiger partial charge in [-0.05, 0) is 17.7 Å². The molecule has 0 bridgehead atoms. The Labute approximate surface area is 124 Å². The zero-order chi connectivity index (χ0) is 16.2. The molecule has 4 nitrogen and oxygen atoms in total. The van der Waals surface area contributed by atoms with Crippen molar-refractivity contribution in [3.05, 3.63) is 29.8 Å². The lowest BCUT2D eigenvalue weighted by Crippen LogP contribution is -2.43. The van der Waals surface area contributed by atoms with Crippen molar-refractivity contribution in [2.24, 2.45) is 0 Å². The maximum absolute atomic E-state index is 13.5. The molecule has 0 saturated carbocycles. The van der Waals surface area contributed by atoms with Crippen LogP contribution < -0.4 is 15.4 Å². The molecule has 2 rings (SSSR count). The minimum atomic E-state index is -2.90. The van der Waals surface area contributed by atoms with E-state index >= 15 is 0 Å². The van der Waals surface area contributed by atoms with Gasteiger partial charge >= 0.3 is 6.61 Å². The van der Waals surface area contributed by atoms with Gasteiger partial charge in [-0.1, -0.05) is 12.1 Å². The van der Waals surface area contributed by atoms with Crippen molar-refractivity contribution < 1.29 is 27.1 Å². The first-order valence-electron chi connectivity index (χ1n) is 6.78. The highest BCUT2D eigenvalue weighted by Crippen LogP contribution is 2.26. The average Bonchev–Trinajstić information content (AvgIpc) is 2.56. The molecule has 1 atom stereocenters. The third kappa shape index (κ3) is 4.87. The topological polar surface area (TPSA) is 50.4 Å². The van der Waals surface area contributed by atoms with Crippen LogP contribution in [-0.2, 0) is 11.3 Å². The SMILES string of the molecule is O=C1NCCC(F)(F)C[C@H]1NCc1ccc(OC(F)F)cc1. The van der Waals surface area contributed by atoms with Crippen LogP contribution in [0, 0.1) is 0 Å². The largest absolute Gasteiger partial charge is 0.435 e. The Kier molecular flexibility index (Phi) is 5.23. The monoisotopic (exact) mass is 320 g/mol. The van der Waals surface area contributed by atoms with Crippen LogP contribution in [0.5, 0.6) is 5.75 Å².